The third-order valence-corrected chi connectivity index (χ3v) is 2.60. The zero-order chi connectivity index (χ0) is 13.9. The van der Waals surface area contributed by atoms with Gasteiger partial charge in [0, 0.05) is 24.3 Å². The van der Waals surface area contributed by atoms with Crippen LogP contribution in [0.3, 0.4) is 0 Å². The van der Waals surface area contributed by atoms with Crippen LogP contribution in [0.25, 0.3) is 0 Å². The summed E-state index contributed by atoms with van der Waals surface area (Å²) in [6, 6.07) is 0.916. The number of anilines is 1. The highest BCUT2D eigenvalue weighted by Crippen LogP contribution is 2.36. The summed E-state index contributed by atoms with van der Waals surface area (Å²) in [5.41, 5.74) is -0.898. The van der Waals surface area contributed by atoms with E-state index in [0.717, 1.165) is 6.07 Å². The Morgan fingerprint density at radius 3 is 2.67 bits per heavy atom. The van der Waals surface area contributed by atoms with E-state index in [0.29, 0.717) is 0 Å². The molecule has 0 aliphatic carbocycles. The maximum Gasteiger partial charge on any atom is 0.419 e. The molecule has 0 aliphatic rings. The standard InChI is InChI=1S/C10H10BrF3N2O2/c1-16(3-2-8(17)18)9-7(10(12,13)14)4-6(11)5-15-9/h4-5H,2-3H2,1H3,(H,17,18). The lowest BCUT2D eigenvalue weighted by molar-refractivity contribution is -0.137. The summed E-state index contributed by atoms with van der Waals surface area (Å²) in [6.07, 6.45) is -3.56. The molecule has 0 atom stereocenters. The quantitative estimate of drug-likeness (QED) is 0.924. The van der Waals surface area contributed by atoms with Crippen LogP contribution in [0.2, 0.25) is 0 Å². The average molecular weight is 327 g/mol. The normalized spacial score (nSPS) is 11.4. The summed E-state index contributed by atoms with van der Waals surface area (Å²) in [6.45, 7) is -0.0486. The van der Waals surface area contributed by atoms with Crippen LogP contribution in [0.15, 0.2) is 16.7 Å². The number of halogens is 4. The number of aliphatic carboxylic acids is 1. The minimum absolute atomic E-state index is 0.0486. The zero-order valence-electron chi connectivity index (χ0n) is 9.33. The van der Waals surface area contributed by atoms with Crippen LogP contribution in [0.1, 0.15) is 12.0 Å². The van der Waals surface area contributed by atoms with E-state index >= 15 is 0 Å². The van der Waals surface area contributed by atoms with Crippen molar-refractivity contribution in [1.29, 1.82) is 0 Å². The van der Waals surface area contributed by atoms with Crippen molar-refractivity contribution >= 4 is 27.7 Å². The molecule has 100 valence electrons. The molecule has 1 rings (SSSR count). The van der Waals surface area contributed by atoms with Crippen LogP contribution in [0.4, 0.5) is 19.0 Å². The molecule has 1 aromatic rings. The molecule has 0 amide bonds. The van der Waals surface area contributed by atoms with E-state index in [1.54, 1.807) is 0 Å². The first-order valence-corrected chi connectivity index (χ1v) is 5.67. The fraction of sp³-hybridized carbons (Fsp3) is 0.400. The molecule has 18 heavy (non-hydrogen) atoms. The lowest BCUT2D eigenvalue weighted by Gasteiger charge is -2.21. The van der Waals surface area contributed by atoms with Gasteiger partial charge in [0.05, 0.1) is 12.0 Å². The van der Waals surface area contributed by atoms with Crippen LogP contribution in [0, 0.1) is 0 Å². The number of rotatable bonds is 4. The van der Waals surface area contributed by atoms with Crippen LogP contribution >= 0.6 is 15.9 Å². The Kier molecular flexibility index (Phi) is 4.55. The summed E-state index contributed by atoms with van der Waals surface area (Å²) in [5, 5.41) is 8.51. The van der Waals surface area contributed by atoms with E-state index in [-0.39, 0.29) is 23.3 Å². The second-order valence-electron chi connectivity index (χ2n) is 3.59. The molecule has 1 aromatic heterocycles. The topological polar surface area (TPSA) is 53.4 Å². The van der Waals surface area contributed by atoms with Gasteiger partial charge < -0.3 is 10.0 Å². The Balaban J connectivity index is 3.04. The SMILES string of the molecule is CN(CCC(=O)O)c1ncc(Br)cc1C(F)(F)F. The van der Waals surface area contributed by atoms with E-state index in [9.17, 15) is 18.0 Å². The van der Waals surface area contributed by atoms with Gasteiger partial charge in [-0.15, -0.1) is 0 Å². The Labute approximate surface area is 110 Å². The van der Waals surface area contributed by atoms with Crippen LogP contribution < -0.4 is 4.90 Å². The van der Waals surface area contributed by atoms with Gasteiger partial charge in [-0.05, 0) is 22.0 Å². The maximum atomic E-state index is 12.8. The van der Waals surface area contributed by atoms with Crippen molar-refractivity contribution in [2.45, 2.75) is 12.6 Å². The zero-order valence-corrected chi connectivity index (χ0v) is 10.9. The fourth-order valence-corrected chi connectivity index (χ4v) is 1.65. The van der Waals surface area contributed by atoms with Gasteiger partial charge >= 0.3 is 12.1 Å². The van der Waals surface area contributed by atoms with Crippen LogP contribution in [-0.4, -0.2) is 29.7 Å². The number of hydrogen-bond donors (Lipinski definition) is 1. The number of carboxylic acid groups (broad SMARTS) is 1. The first-order valence-electron chi connectivity index (χ1n) is 4.87. The number of carboxylic acids is 1. The van der Waals surface area contributed by atoms with Crippen LogP contribution in [-0.2, 0) is 11.0 Å². The van der Waals surface area contributed by atoms with E-state index in [2.05, 4.69) is 20.9 Å². The average Bonchev–Trinajstić information content (AvgIpc) is 2.24. The first-order chi connectivity index (χ1) is 8.21. The Hall–Kier alpha value is -1.31. The highest BCUT2D eigenvalue weighted by atomic mass is 79.9. The van der Waals surface area contributed by atoms with Crippen molar-refractivity contribution < 1.29 is 23.1 Å². The minimum Gasteiger partial charge on any atom is -0.481 e. The third-order valence-electron chi connectivity index (χ3n) is 2.16. The highest BCUT2D eigenvalue weighted by molar-refractivity contribution is 9.10. The molecular weight excluding hydrogens is 317 g/mol. The molecule has 1 heterocycles. The van der Waals surface area contributed by atoms with Crippen LogP contribution in [0.5, 0.6) is 0 Å². The van der Waals surface area contributed by atoms with Gasteiger partial charge in [-0.25, -0.2) is 4.98 Å². The van der Waals surface area contributed by atoms with Crippen molar-refractivity contribution in [2.24, 2.45) is 0 Å². The van der Waals surface area contributed by atoms with Gasteiger partial charge in [0.15, 0.2) is 0 Å². The Bertz CT molecular complexity index is 451. The van der Waals surface area contributed by atoms with E-state index in [1.807, 2.05) is 0 Å². The fourth-order valence-electron chi connectivity index (χ4n) is 1.31. The highest BCUT2D eigenvalue weighted by Gasteiger charge is 2.35. The molecule has 0 unspecified atom stereocenters. The van der Waals surface area contributed by atoms with Gasteiger partial charge in [-0.1, -0.05) is 0 Å². The summed E-state index contributed by atoms with van der Waals surface area (Å²) in [5.74, 6) is -1.36. The predicted octanol–water partition coefficient (Wildman–Crippen LogP) is 2.77. The summed E-state index contributed by atoms with van der Waals surface area (Å²) >= 11 is 2.92. The number of nitrogens with zero attached hydrogens (tertiary/aromatic N) is 2. The molecule has 0 bridgehead atoms. The third kappa shape index (κ3) is 3.86. The van der Waals surface area contributed by atoms with Gasteiger partial charge in [-0.3, -0.25) is 4.79 Å². The number of aromatic nitrogens is 1. The van der Waals surface area contributed by atoms with Gasteiger partial charge in [0.2, 0.25) is 0 Å². The molecule has 0 aliphatic heterocycles. The molecular formula is C10H10BrF3N2O2. The molecule has 4 nitrogen and oxygen atoms in total. The van der Waals surface area contributed by atoms with Crippen molar-refractivity contribution in [3.8, 4) is 0 Å². The predicted molar refractivity (Wildman–Crippen MR) is 62.5 cm³/mol. The van der Waals surface area contributed by atoms with Gasteiger partial charge in [0.1, 0.15) is 5.82 Å². The van der Waals surface area contributed by atoms with E-state index in [4.69, 9.17) is 5.11 Å². The van der Waals surface area contributed by atoms with Crippen molar-refractivity contribution in [2.75, 3.05) is 18.5 Å². The number of carbonyl (C=O) groups is 1. The number of pyridine rings is 1. The monoisotopic (exact) mass is 326 g/mol. The smallest absolute Gasteiger partial charge is 0.419 e. The van der Waals surface area contributed by atoms with Crippen molar-refractivity contribution in [3.05, 3.63) is 22.3 Å². The molecule has 0 saturated heterocycles. The second-order valence-corrected chi connectivity index (χ2v) is 4.50. The first kappa shape index (κ1) is 14.7. The summed E-state index contributed by atoms with van der Waals surface area (Å²) in [4.78, 5) is 15.3. The largest absolute Gasteiger partial charge is 0.481 e. The van der Waals surface area contributed by atoms with Gasteiger partial charge in [0.25, 0.3) is 0 Å². The second kappa shape index (κ2) is 5.55. The summed E-state index contributed by atoms with van der Waals surface area (Å²) in [7, 11) is 1.37. The van der Waals surface area contributed by atoms with Gasteiger partial charge in [-0.2, -0.15) is 13.2 Å². The van der Waals surface area contributed by atoms with Crippen molar-refractivity contribution in [1.82, 2.24) is 4.98 Å². The molecule has 0 radical (unpaired) electrons. The van der Waals surface area contributed by atoms with E-state index in [1.165, 1.54) is 18.1 Å². The Morgan fingerprint density at radius 2 is 2.17 bits per heavy atom. The number of hydrogen-bond acceptors (Lipinski definition) is 3. The van der Waals surface area contributed by atoms with E-state index < -0.39 is 17.7 Å². The minimum atomic E-state index is -4.54. The van der Waals surface area contributed by atoms with Crippen molar-refractivity contribution in [3.63, 3.8) is 0 Å². The lowest BCUT2D eigenvalue weighted by atomic mass is 10.2. The molecule has 8 heteroatoms. The Morgan fingerprint density at radius 1 is 1.56 bits per heavy atom. The number of alkyl halides is 3. The lowest BCUT2D eigenvalue weighted by Crippen LogP contribution is -2.25. The molecule has 0 fully saturated rings. The molecule has 0 saturated carbocycles. The summed E-state index contributed by atoms with van der Waals surface area (Å²) < 4.78 is 38.6. The maximum absolute atomic E-state index is 12.8. The molecule has 1 N–H and O–H groups in total. The molecule has 0 spiro atoms. The molecule has 0 aromatic carbocycles.